The molecule has 0 saturated heterocycles. The van der Waals surface area contributed by atoms with Gasteiger partial charge in [0.05, 0.1) is 11.4 Å². The average Bonchev–Trinajstić information content (AvgIpc) is 2.34. The molecule has 0 unspecified atom stereocenters. The first-order valence-electron chi connectivity index (χ1n) is 25.2. The lowest BCUT2D eigenvalue weighted by atomic mass is 9.35. The quantitative estimate of drug-likeness (QED) is 0.0505. The van der Waals surface area contributed by atoms with Crippen LogP contribution in [0, 0.1) is 105 Å². The minimum absolute atomic E-state index is 0.0224. The van der Waals surface area contributed by atoms with Crippen LogP contribution < -0.4 is 37.7 Å². The van der Waals surface area contributed by atoms with Gasteiger partial charge >= 0.3 is 0 Å². The van der Waals surface area contributed by atoms with Gasteiger partial charge in [-0.15, -0.1) is 0 Å². The molecule has 0 radical (unpaired) electrons. The number of nitrogens with zero attached hydrogens (tertiary/aromatic N) is 1. The van der Waals surface area contributed by atoms with Crippen LogP contribution in [0.4, 0.5) is 96.1 Å². The van der Waals surface area contributed by atoms with Gasteiger partial charge in [-0.3, -0.25) is 0 Å². The molecule has 10 aromatic rings. The fourth-order valence-electron chi connectivity index (χ4n) is 11.6. The van der Waals surface area contributed by atoms with Crippen molar-refractivity contribution in [1.82, 2.24) is 0 Å². The number of halogens is 18. The van der Waals surface area contributed by atoms with Crippen molar-refractivity contribution >= 4 is 95.6 Å². The fraction of sp³-hybridized carbons (Fsp3) is 0.129. The summed E-state index contributed by atoms with van der Waals surface area (Å²) in [4.78, 5) is 1.46. The van der Waals surface area contributed by atoms with E-state index in [0.29, 0.717) is 0 Å². The largest absolute Gasteiger partial charge is 0.309 e. The summed E-state index contributed by atoms with van der Waals surface area (Å²) in [5.41, 5.74) is -13.5. The second-order valence-corrected chi connectivity index (χ2v) is 22.1. The van der Waals surface area contributed by atoms with E-state index < -0.39 is 173 Å². The Morgan fingerprint density at radius 1 is 0.301 bits per heavy atom. The van der Waals surface area contributed by atoms with Crippen molar-refractivity contribution in [2.45, 2.75) is 52.4 Å². The molecule has 1 heterocycles. The van der Waals surface area contributed by atoms with Gasteiger partial charge in [-0.25, -0.2) is 79.0 Å². The van der Waals surface area contributed by atoms with E-state index in [1.165, 1.54) is 113 Å². The van der Waals surface area contributed by atoms with Crippen LogP contribution in [-0.4, -0.2) is 13.4 Å². The van der Waals surface area contributed by atoms with Crippen LogP contribution in [0.15, 0.2) is 103 Å². The topological polar surface area (TPSA) is 3.24 Å². The molecule has 0 atom stereocenters. The molecule has 420 valence electrons. The zero-order valence-electron chi connectivity index (χ0n) is 43.7. The van der Waals surface area contributed by atoms with Crippen molar-refractivity contribution in [3.8, 4) is 11.1 Å². The zero-order chi connectivity index (χ0) is 60.1. The first-order valence-corrected chi connectivity index (χ1v) is 25.2. The molecule has 1 nitrogen and oxygen atoms in total. The zero-order valence-corrected chi connectivity index (χ0v) is 43.7. The third kappa shape index (κ3) is 8.28. The van der Waals surface area contributed by atoms with Gasteiger partial charge in [-0.1, -0.05) is 125 Å². The van der Waals surface area contributed by atoms with Crippen LogP contribution in [0.1, 0.15) is 52.7 Å². The lowest BCUT2D eigenvalue weighted by Gasteiger charge is -2.35. The Balaban J connectivity index is 1.26. The standard InChI is InChI=1S/C62H35B2F18N/c1-61(2,3)37-43(65)47(69)39(48(70)44(37)66)63(40-51(73)55(77)59(81)56(78)52(40)74)24-19-20-28-32-22-30-26-15-10-11-16-27(26)33(23-31(30)29-17-12-18-34(36(29)32)83(35(28)21-24)25-13-8-7-9-14-25)64(42-53(75)57(79)60(82)58(80)54(42)76)41-49(71)45(67)38(62(4,5)6)46(68)50(41)72/h7-23H,1-6H3. The van der Waals surface area contributed by atoms with E-state index in [1.54, 1.807) is 18.2 Å². The van der Waals surface area contributed by atoms with Gasteiger partial charge in [0.1, 0.15) is 0 Å². The number of anilines is 3. The maximum atomic E-state index is 16.9. The van der Waals surface area contributed by atoms with Gasteiger partial charge < -0.3 is 4.90 Å². The van der Waals surface area contributed by atoms with Crippen LogP contribution in [0.25, 0.3) is 43.4 Å². The van der Waals surface area contributed by atoms with E-state index in [4.69, 9.17) is 0 Å². The highest BCUT2D eigenvalue weighted by Crippen LogP contribution is 2.53. The normalized spacial score (nSPS) is 12.6. The Morgan fingerprint density at radius 3 is 1.14 bits per heavy atom. The Hall–Kier alpha value is -8.35. The molecule has 1 aliphatic rings. The first kappa shape index (κ1) is 56.5. The van der Waals surface area contributed by atoms with E-state index in [-0.39, 0.29) is 60.5 Å². The molecule has 11 rings (SSSR count). The Bertz CT molecular complexity index is 4360. The SMILES string of the molecule is CC(C)(C)c1c(F)c(F)c(B(c2ccc3c(c2)N(c2ccccc2)c2cccc4c2c-3cc2c3ccccc3c(B(c3c(F)c(F)c(F)c(F)c3F)c3c(F)c(F)c(C(C)(C)C)c(F)c3F)cc42)c2c(F)c(F)c(F)c(F)c2F)c(F)c1F. The van der Waals surface area contributed by atoms with Gasteiger partial charge in [0.2, 0.25) is 0 Å². The Morgan fingerprint density at radius 2 is 0.687 bits per heavy atom. The molecule has 0 aromatic heterocycles. The molecule has 83 heavy (non-hydrogen) atoms. The van der Waals surface area contributed by atoms with E-state index in [2.05, 4.69) is 0 Å². The van der Waals surface area contributed by atoms with Gasteiger partial charge in [0, 0.05) is 49.6 Å². The van der Waals surface area contributed by atoms with Crippen molar-refractivity contribution in [2.24, 2.45) is 0 Å². The highest BCUT2D eigenvalue weighted by molar-refractivity contribution is 6.97. The number of benzene rings is 10. The summed E-state index contributed by atoms with van der Waals surface area (Å²) in [6.45, 7) is 1.46. The molecule has 0 N–H and O–H groups in total. The maximum absolute atomic E-state index is 16.9. The van der Waals surface area contributed by atoms with Gasteiger partial charge in [-0.05, 0) is 73.7 Å². The Labute approximate surface area is 460 Å². The van der Waals surface area contributed by atoms with Gasteiger partial charge in [-0.2, -0.15) is 0 Å². The van der Waals surface area contributed by atoms with Gasteiger partial charge in [0.15, 0.2) is 105 Å². The second-order valence-electron chi connectivity index (χ2n) is 22.1. The van der Waals surface area contributed by atoms with Crippen LogP contribution in [0.5, 0.6) is 0 Å². The molecule has 10 aromatic carbocycles. The first-order chi connectivity index (χ1) is 39.0. The predicted molar refractivity (Wildman–Crippen MR) is 284 cm³/mol. The van der Waals surface area contributed by atoms with Crippen LogP contribution in [0.2, 0.25) is 0 Å². The molecular formula is C62H35B2F18N. The summed E-state index contributed by atoms with van der Waals surface area (Å²) in [5, 5.41) is 0.378. The summed E-state index contributed by atoms with van der Waals surface area (Å²) in [7, 11) is 0. The molecule has 1 aliphatic heterocycles. The minimum atomic E-state index is -2.86. The number of hydrogen-bond acceptors (Lipinski definition) is 1. The van der Waals surface area contributed by atoms with Crippen molar-refractivity contribution < 1.29 is 79.0 Å². The number of para-hydroxylation sites is 1. The second kappa shape index (κ2) is 19.7. The summed E-state index contributed by atoms with van der Waals surface area (Å²) in [6.07, 6.45) is 0. The maximum Gasteiger partial charge on any atom is 0.257 e. The van der Waals surface area contributed by atoms with E-state index in [1.807, 2.05) is 0 Å². The van der Waals surface area contributed by atoms with Crippen molar-refractivity contribution in [2.75, 3.05) is 4.90 Å². The Kier molecular flexibility index (Phi) is 13.4. The summed E-state index contributed by atoms with van der Waals surface area (Å²) in [5.74, 6) is -42.9. The van der Waals surface area contributed by atoms with Crippen LogP contribution in [0.3, 0.4) is 0 Å². The minimum Gasteiger partial charge on any atom is -0.309 e. The van der Waals surface area contributed by atoms with E-state index in [9.17, 15) is 8.78 Å². The molecule has 21 heteroatoms. The van der Waals surface area contributed by atoms with Gasteiger partial charge in [0.25, 0.3) is 13.4 Å². The van der Waals surface area contributed by atoms with Crippen LogP contribution in [-0.2, 0) is 10.8 Å². The predicted octanol–water partition coefficient (Wildman–Crippen LogP) is 14.7. The molecule has 0 aliphatic carbocycles. The summed E-state index contributed by atoms with van der Waals surface area (Å²) >= 11 is 0. The van der Waals surface area contributed by atoms with Crippen LogP contribution >= 0.6 is 0 Å². The fourth-order valence-corrected chi connectivity index (χ4v) is 11.6. The average molecular weight is 1160 g/mol. The molecule has 0 amide bonds. The highest BCUT2D eigenvalue weighted by Gasteiger charge is 2.45. The molecule has 0 spiro atoms. The smallest absolute Gasteiger partial charge is 0.257 e. The molecule has 0 fully saturated rings. The van der Waals surface area contributed by atoms with E-state index >= 15 is 70.2 Å². The number of fused-ring (bicyclic) bond motifs is 6. The molecular weight excluding hydrogens is 1120 g/mol. The monoisotopic (exact) mass is 1160 g/mol. The van der Waals surface area contributed by atoms with Crippen molar-refractivity contribution in [3.63, 3.8) is 0 Å². The number of hydrogen-bond donors (Lipinski definition) is 0. The summed E-state index contributed by atoms with van der Waals surface area (Å²) in [6, 6.07) is 23.4. The third-order valence-corrected chi connectivity index (χ3v) is 15.2. The van der Waals surface area contributed by atoms with Crippen molar-refractivity contribution in [3.05, 3.63) is 219 Å². The summed E-state index contributed by atoms with van der Waals surface area (Å²) < 4.78 is 289. The highest BCUT2D eigenvalue weighted by atomic mass is 19.2. The molecule has 0 saturated carbocycles. The lowest BCUT2D eigenvalue weighted by molar-refractivity contribution is 0.384. The number of rotatable bonds is 7. The van der Waals surface area contributed by atoms with E-state index in [0.717, 1.165) is 18.2 Å². The van der Waals surface area contributed by atoms with Crippen molar-refractivity contribution in [1.29, 1.82) is 0 Å². The third-order valence-electron chi connectivity index (χ3n) is 15.2. The molecule has 0 bridgehead atoms. The lowest BCUT2D eigenvalue weighted by Crippen LogP contribution is -2.58.